The van der Waals surface area contributed by atoms with Crippen molar-refractivity contribution in [1.29, 1.82) is 0 Å². The number of carbonyl (C=O) groups excluding carboxylic acids is 1. The second-order valence-electron chi connectivity index (χ2n) is 4.93. The van der Waals surface area contributed by atoms with Gasteiger partial charge in [-0.3, -0.25) is 9.59 Å². The number of carboxylic acids is 1. The van der Waals surface area contributed by atoms with Crippen LogP contribution in [0.15, 0.2) is 18.2 Å². The zero-order valence-corrected chi connectivity index (χ0v) is 11.3. The number of anilines is 1. The van der Waals surface area contributed by atoms with Gasteiger partial charge in [-0.05, 0) is 30.4 Å². The van der Waals surface area contributed by atoms with E-state index in [2.05, 4.69) is 5.32 Å². The third-order valence-electron chi connectivity index (χ3n) is 3.69. The van der Waals surface area contributed by atoms with Gasteiger partial charge < -0.3 is 10.4 Å². The summed E-state index contributed by atoms with van der Waals surface area (Å²) < 4.78 is 0. The van der Waals surface area contributed by atoms with Crippen LogP contribution in [0.1, 0.15) is 31.4 Å². The fraction of sp³-hybridized carbons (Fsp3) is 0.467. The Bertz CT molecular complexity index is 488. The Hall–Kier alpha value is -1.84. The van der Waals surface area contributed by atoms with Crippen LogP contribution in [0.25, 0.3) is 0 Å². The molecule has 0 heterocycles. The molecule has 1 saturated carbocycles. The highest BCUT2D eigenvalue weighted by Crippen LogP contribution is 2.40. The highest BCUT2D eigenvalue weighted by molar-refractivity contribution is 5.99. The maximum Gasteiger partial charge on any atom is 0.307 e. The summed E-state index contributed by atoms with van der Waals surface area (Å²) in [5.41, 5.74) is 3.06. The molecule has 1 aromatic carbocycles. The Labute approximate surface area is 112 Å². The maximum atomic E-state index is 12.1. The van der Waals surface area contributed by atoms with Crippen LogP contribution in [-0.4, -0.2) is 17.0 Å². The lowest BCUT2D eigenvalue weighted by molar-refractivity contribution is -0.139. The molecular formula is C15H19NO3. The minimum absolute atomic E-state index is 0.164. The lowest BCUT2D eigenvalue weighted by Gasteiger charge is -2.14. The molecular weight excluding hydrogens is 242 g/mol. The number of carbonyl (C=O) groups is 2. The van der Waals surface area contributed by atoms with Crippen molar-refractivity contribution in [3.8, 4) is 0 Å². The van der Waals surface area contributed by atoms with Gasteiger partial charge in [-0.2, -0.15) is 0 Å². The molecule has 0 spiro atoms. The zero-order valence-electron chi connectivity index (χ0n) is 11.3. The Morgan fingerprint density at radius 2 is 1.79 bits per heavy atom. The summed E-state index contributed by atoms with van der Waals surface area (Å²) in [5, 5.41) is 11.8. The van der Waals surface area contributed by atoms with Crippen molar-refractivity contribution in [1.82, 2.24) is 0 Å². The van der Waals surface area contributed by atoms with E-state index in [1.165, 1.54) is 0 Å². The summed E-state index contributed by atoms with van der Waals surface area (Å²) in [7, 11) is 0. The number of amides is 1. The lowest BCUT2D eigenvalue weighted by Crippen LogP contribution is -2.18. The van der Waals surface area contributed by atoms with E-state index < -0.39 is 11.9 Å². The van der Waals surface area contributed by atoms with E-state index in [0.29, 0.717) is 6.42 Å². The molecule has 1 aliphatic rings. The smallest absolute Gasteiger partial charge is 0.307 e. The van der Waals surface area contributed by atoms with Crippen molar-refractivity contribution in [3.05, 3.63) is 29.3 Å². The van der Waals surface area contributed by atoms with Crippen molar-refractivity contribution in [2.24, 2.45) is 11.8 Å². The molecule has 4 nitrogen and oxygen atoms in total. The first-order valence-corrected chi connectivity index (χ1v) is 6.72. The van der Waals surface area contributed by atoms with Gasteiger partial charge in [0.05, 0.1) is 11.8 Å². The second kappa shape index (κ2) is 5.43. The predicted molar refractivity (Wildman–Crippen MR) is 73.1 cm³/mol. The van der Waals surface area contributed by atoms with Gasteiger partial charge in [0.15, 0.2) is 0 Å². The molecule has 4 heteroatoms. The predicted octanol–water partition coefficient (Wildman–Crippen LogP) is 2.47. The molecule has 0 aliphatic heterocycles. The molecule has 0 saturated heterocycles. The Balaban J connectivity index is 2.15. The van der Waals surface area contributed by atoms with Crippen molar-refractivity contribution < 1.29 is 14.7 Å². The van der Waals surface area contributed by atoms with Crippen molar-refractivity contribution in [2.45, 2.75) is 33.1 Å². The van der Waals surface area contributed by atoms with Gasteiger partial charge in [0.1, 0.15) is 0 Å². The average molecular weight is 261 g/mol. The van der Waals surface area contributed by atoms with Crippen LogP contribution in [0.3, 0.4) is 0 Å². The molecule has 0 bridgehead atoms. The van der Waals surface area contributed by atoms with E-state index in [0.717, 1.165) is 29.7 Å². The lowest BCUT2D eigenvalue weighted by atomic mass is 10.0. The summed E-state index contributed by atoms with van der Waals surface area (Å²) >= 11 is 0. The number of benzene rings is 1. The molecule has 1 fully saturated rings. The number of hydrogen-bond donors (Lipinski definition) is 2. The number of aliphatic carboxylic acids is 1. The Morgan fingerprint density at radius 1 is 1.21 bits per heavy atom. The Morgan fingerprint density at radius 3 is 2.21 bits per heavy atom. The summed E-state index contributed by atoms with van der Waals surface area (Å²) in [6.07, 6.45) is 2.14. The summed E-state index contributed by atoms with van der Waals surface area (Å²) in [6.45, 7) is 4.09. The Kier molecular flexibility index (Phi) is 3.88. The zero-order chi connectivity index (χ0) is 14.0. The molecule has 2 unspecified atom stereocenters. The minimum Gasteiger partial charge on any atom is -0.481 e. The first-order chi connectivity index (χ1) is 9.08. The first kappa shape index (κ1) is 13.6. The third kappa shape index (κ3) is 2.78. The number of hydrogen-bond acceptors (Lipinski definition) is 2. The fourth-order valence-corrected chi connectivity index (χ4v) is 2.38. The normalized spacial score (nSPS) is 20.9. The third-order valence-corrected chi connectivity index (χ3v) is 3.69. The van der Waals surface area contributed by atoms with E-state index in [4.69, 9.17) is 5.11 Å². The van der Waals surface area contributed by atoms with Gasteiger partial charge in [-0.25, -0.2) is 0 Å². The standard InChI is InChI=1S/C15H19NO3/c1-3-9-6-5-7-10(4-2)13(9)16-14(17)11-8-12(11)15(18)19/h5-7,11-12H,3-4,8H2,1-2H3,(H,16,17)(H,18,19). The molecule has 0 aromatic heterocycles. The van der Waals surface area contributed by atoms with Crippen molar-refractivity contribution in [3.63, 3.8) is 0 Å². The second-order valence-corrected chi connectivity index (χ2v) is 4.93. The summed E-state index contributed by atoms with van der Waals surface area (Å²) in [5.74, 6) is -1.91. The highest BCUT2D eigenvalue weighted by Gasteiger charge is 2.48. The van der Waals surface area contributed by atoms with E-state index in [9.17, 15) is 9.59 Å². The number of rotatable bonds is 5. The topological polar surface area (TPSA) is 66.4 Å². The van der Waals surface area contributed by atoms with E-state index in [-0.39, 0.29) is 11.8 Å². The fourth-order valence-electron chi connectivity index (χ4n) is 2.38. The number of aryl methyl sites for hydroxylation is 2. The van der Waals surface area contributed by atoms with Crippen molar-refractivity contribution >= 4 is 17.6 Å². The van der Waals surface area contributed by atoms with E-state index >= 15 is 0 Å². The molecule has 1 amide bonds. The van der Waals surface area contributed by atoms with E-state index in [1.54, 1.807) is 0 Å². The molecule has 2 N–H and O–H groups in total. The van der Waals surface area contributed by atoms with Crippen LogP contribution in [0, 0.1) is 11.8 Å². The largest absolute Gasteiger partial charge is 0.481 e. The van der Waals surface area contributed by atoms with Gasteiger partial charge in [-0.15, -0.1) is 0 Å². The number of carboxylic acid groups (broad SMARTS) is 1. The molecule has 1 aromatic rings. The van der Waals surface area contributed by atoms with Crippen LogP contribution in [-0.2, 0) is 22.4 Å². The van der Waals surface area contributed by atoms with Gasteiger partial charge in [0.25, 0.3) is 0 Å². The first-order valence-electron chi connectivity index (χ1n) is 6.72. The quantitative estimate of drug-likeness (QED) is 0.855. The molecule has 0 radical (unpaired) electrons. The van der Waals surface area contributed by atoms with Crippen LogP contribution in [0.5, 0.6) is 0 Å². The van der Waals surface area contributed by atoms with Gasteiger partial charge in [0.2, 0.25) is 5.91 Å². The monoisotopic (exact) mass is 261 g/mol. The van der Waals surface area contributed by atoms with Crippen LogP contribution in [0.2, 0.25) is 0 Å². The molecule has 19 heavy (non-hydrogen) atoms. The minimum atomic E-state index is -0.875. The van der Waals surface area contributed by atoms with Gasteiger partial charge in [-0.1, -0.05) is 32.0 Å². The highest BCUT2D eigenvalue weighted by atomic mass is 16.4. The summed E-state index contributed by atoms with van der Waals surface area (Å²) in [6, 6.07) is 5.98. The van der Waals surface area contributed by atoms with E-state index in [1.807, 2.05) is 32.0 Å². The average Bonchev–Trinajstić information content (AvgIpc) is 3.19. The van der Waals surface area contributed by atoms with Crippen LogP contribution >= 0.6 is 0 Å². The van der Waals surface area contributed by atoms with Gasteiger partial charge in [0, 0.05) is 5.69 Å². The molecule has 2 atom stereocenters. The SMILES string of the molecule is CCc1cccc(CC)c1NC(=O)C1CC1C(=O)O. The molecule has 1 aliphatic carbocycles. The van der Waals surface area contributed by atoms with Crippen LogP contribution in [0.4, 0.5) is 5.69 Å². The molecule has 102 valence electrons. The van der Waals surface area contributed by atoms with Crippen LogP contribution < -0.4 is 5.32 Å². The molecule has 2 rings (SSSR count). The van der Waals surface area contributed by atoms with Crippen molar-refractivity contribution in [2.75, 3.05) is 5.32 Å². The maximum absolute atomic E-state index is 12.1. The summed E-state index contributed by atoms with van der Waals surface area (Å²) in [4.78, 5) is 22.8. The number of nitrogens with one attached hydrogen (secondary N) is 1. The van der Waals surface area contributed by atoms with Gasteiger partial charge >= 0.3 is 5.97 Å². The number of para-hydroxylation sites is 1.